The molecule has 1 fully saturated rings. The fourth-order valence-corrected chi connectivity index (χ4v) is 4.83. The van der Waals surface area contributed by atoms with Crippen LogP contribution in [0, 0.1) is 18.3 Å². The number of ether oxygens (including phenoxy) is 3. The number of rotatable bonds is 8. The third kappa shape index (κ3) is 6.63. The molecule has 2 amide bonds. The Morgan fingerprint density at radius 2 is 1.95 bits per heavy atom. The van der Waals surface area contributed by atoms with E-state index in [2.05, 4.69) is 16.5 Å². The number of carboxylic acid groups (broad SMARTS) is 1. The van der Waals surface area contributed by atoms with Gasteiger partial charge >= 0.3 is 12.2 Å². The molecule has 3 heterocycles. The van der Waals surface area contributed by atoms with Crippen LogP contribution in [0.5, 0.6) is 5.75 Å². The fraction of sp³-hybridized carbons (Fsp3) is 0.448. The van der Waals surface area contributed by atoms with E-state index < -0.39 is 17.8 Å². The van der Waals surface area contributed by atoms with Gasteiger partial charge in [-0.3, -0.25) is 0 Å². The van der Waals surface area contributed by atoms with E-state index in [-0.39, 0.29) is 12.6 Å². The lowest BCUT2D eigenvalue weighted by Gasteiger charge is -2.33. The Bertz CT molecular complexity index is 1440. The van der Waals surface area contributed by atoms with Crippen molar-refractivity contribution in [3.63, 3.8) is 0 Å². The van der Waals surface area contributed by atoms with E-state index in [1.165, 1.54) is 9.80 Å². The van der Waals surface area contributed by atoms with E-state index in [0.29, 0.717) is 65.8 Å². The van der Waals surface area contributed by atoms with Gasteiger partial charge in [0.2, 0.25) is 0 Å². The van der Waals surface area contributed by atoms with Crippen LogP contribution in [0.2, 0.25) is 0 Å². The van der Waals surface area contributed by atoms with E-state index in [1.807, 2.05) is 0 Å². The first-order valence-corrected chi connectivity index (χ1v) is 13.4. The monoisotopic (exact) mass is 564 g/mol. The summed E-state index contributed by atoms with van der Waals surface area (Å²) in [5.74, 6) is 0.998. The molecule has 0 unspecified atom stereocenters. The van der Waals surface area contributed by atoms with Gasteiger partial charge in [-0.1, -0.05) is 0 Å². The average Bonchev–Trinajstić information content (AvgIpc) is 3.40. The predicted molar refractivity (Wildman–Crippen MR) is 153 cm³/mol. The second kappa shape index (κ2) is 12.3. The van der Waals surface area contributed by atoms with Crippen LogP contribution in [-0.4, -0.2) is 76.9 Å². The van der Waals surface area contributed by atoms with Crippen molar-refractivity contribution in [1.29, 1.82) is 5.26 Å². The number of hydrogen-bond acceptors (Lipinski definition) is 8. The summed E-state index contributed by atoms with van der Waals surface area (Å²) in [6.07, 6.45) is 1.38. The normalized spacial score (nSPS) is 15.3. The van der Waals surface area contributed by atoms with Crippen molar-refractivity contribution in [3.05, 3.63) is 47.7 Å². The first-order chi connectivity index (χ1) is 19.5. The fourth-order valence-electron chi connectivity index (χ4n) is 4.83. The van der Waals surface area contributed by atoms with Crippen molar-refractivity contribution in [3.8, 4) is 11.8 Å². The number of nitrogens with one attached hydrogen (secondary N) is 1. The van der Waals surface area contributed by atoms with Crippen LogP contribution in [0.3, 0.4) is 0 Å². The van der Waals surface area contributed by atoms with Gasteiger partial charge in [-0.2, -0.15) is 10.4 Å². The smallest absolute Gasteiger partial charge is 0.420 e. The zero-order chi connectivity index (χ0) is 29.7. The number of pyridine rings is 1. The highest BCUT2D eigenvalue weighted by Gasteiger charge is 2.32. The number of benzene rings is 1. The minimum atomic E-state index is -0.980. The van der Waals surface area contributed by atoms with Crippen LogP contribution >= 0.6 is 0 Å². The van der Waals surface area contributed by atoms with Gasteiger partial charge in [0.05, 0.1) is 29.7 Å². The summed E-state index contributed by atoms with van der Waals surface area (Å²) in [6.45, 7) is 8.72. The number of methoxy groups -OCH3 is 1. The highest BCUT2D eigenvalue weighted by atomic mass is 16.6. The number of likely N-dealkylation sites (tertiary alicyclic amines) is 1. The molecule has 2 aromatic heterocycles. The number of nitriles is 1. The van der Waals surface area contributed by atoms with Gasteiger partial charge in [-0.15, -0.1) is 0 Å². The van der Waals surface area contributed by atoms with Crippen molar-refractivity contribution in [2.75, 3.05) is 43.6 Å². The van der Waals surface area contributed by atoms with Crippen molar-refractivity contribution in [2.45, 2.75) is 52.2 Å². The third-order valence-corrected chi connectivity index (χ3v) is 6.65. The van der Waals surface area contributed by atoms with E-state index >= 15 is 0 Å². The molecule has 1 atom stereocenters. The maximum atomic E-state index is 13.8. The van der Waals surface area contributed by atoms with Crippen LogP contribution in [0.25, 0.3) is 5.52 Å². The van der Waals surface area contributed by atoms with Gasteiger partial charge in [-0.05, 0) is 70.9 Å². The largest absolute Gasteiger partial charge is 0.491 e. The Morgan fingerprint density at radius 1 is 1.22 bits per heavy atom. The summed E-state index contributed by atoms with van der Waals surface area (Å²) in [5, 5.41) is 27.6. The summed E-state index contributed by atoms with van der Waals surface area (Å²) in [6, 6.07) is 10.8. The van der Waals surface area contributed by atoms with E-state index in [4.69, 9.17) is 14.2 Å². The topological polar surface area (TPSA) is 142 Å². The molecule has 0 radical (unpaired) electrons. The Kier molecular flexibility index (Phi) is 8.88. The van der Waals surface area contributed by atoms with Gasteiger partial charge in [-0.25, -0.2) is 19.0 Å². The summed E-state index contributed by atoms with van der Waals surface area (Å²) < 4.78 is 18.1. The molecule has 0 saturated carbocycles. The van der Waals surface area contributed by atoms with Crippen molar-refractivity contribution in [2.24, 2.45) is 0 Å². The minimum Gasteiger partial charge on any atom is -0.491 e. The molecule has 41 heavy (non-hydrogen) atoms. The van der Waals surface area contributed by atoms with Crippen LogP contribution in [0.1, 0.15) is 44.7 Å². The lowest BCUT2D eigenvalue weighted by atomic mass is 10.0. The number of carbonyl (C=O) groups excluding carboxylic acids is 1. The van der Waals surface area contributed by atoms with Gasteiger partial charge in [0.15, 0.2) is 0 Å². The van der Waals surface area contributed by atoms with Gasteiger partial charge in [0.1, 0.15) is 35.4 Å². The van der Waals surface area contributed by atoms with E-state index in [9.17, 15) is 20.0 Å². The molecule has 12 nitrogen and oxygen atoms in total. The van der Waals surface area contributed by atoms with Crippen molar-refractivity contribution in [1.82, 2.24) is 14.5 Å². The molecule has 1 aliphatic heterocycles. The SMILES string of the molecule is COCCOc1ccc(N(C(=O)OC(C)(C)C)c2c(C)c(N[C@@H]3CCCN(C(=O)O)C3)c(C#N)c3ccnn23)cc1. The highest BCUT2D eigenvalue weighted by Crippen LogP contribution is 2.38. The lowest BCUT2D eigenvalue weighted by Crippen LogP contribution is -2.44. The molecular formula is C29H36N6O6. The van der Waals surface area contributed by atoms with Crippen LogP contribution in [0.4, 0.5) is 26.8 Å². The average molecular weight is 565 g/mol. The number of aromatic nitrogens is 2. The lowest BCUT2D eigenvalue weighted by molar-refractivity contribution is 0.0597. The summed E-state index contributed by atoms with van der Waals surface area (Å²) in [5.41, 5.74) is 1.66. The van der Waals surface area contributed by atoms with Gasteiger partial charge < -0.3 is 29.5 Å². The molecule has 3 aromatic rings. The Morgan fingerprint density at radius 3 is 2.59 bits per heavy atom. The number of nitrogens with zero attached hydrogens (tertiary/aromatic N) is 5. The summed E-state index contributed by atoms with van der Waals surface area (Å²) in [7, 11) is 1.60. The Labute approximate surface area is 239 Å². The maximum absolute atomic E-state index is 13.8. The van der Waals surface area contributed by atoms with Gasteiger partial charge in [0.25, 0.3) is 0 Å². The quantitative estimate of drug-likeness (QED) is 0.355. The maximum Gasteiger partial charge on any atom is 0.420 e. The molecule has 1 aliphatic rings. The first-order valence-electron chi connectivity index (χ1n) is 13.4. The zero-order valence-corrected chi connectivity index (χ0v) is 24.0. The minimum absolute atomic E-state index is 0.220. The molecule has 4 rings (SSSR count). The number of piperidine rings is 1. The van der Waals surface area contributed by atoms with Crippen LogP contribution in [-0.2, 0) is 9.47 Å². The van der Waals surface area contributed by atoms with Crippen molar-refractivity contribution >= 4 is 34.9 Å². The number of anilines is 3. The predicted octanol–water partition coefficient (Wildman–Crippen LogP) is 5.17. The molecule has 2 N–H and O–H groups in total. The number of hydrogen-bond donors (Lipinski definition) is 2. The van der Waals surface area contributed by atoms with Crippen LogP contribution in [0.15, 0.2) is 36.5 Å². The van der Waals surface area contributed by atoms with E-state index in [0.717, 1.165) is 6.42 Å². The summed E-state index contributed by atoms with van der Waals surface area (Å²) >= 11 is 0. The van der Waals surface area contributed by atoms with Crippen LogP contribution < -0.4 is 15.0 Å². The number of carbonyl (C=O) groups is 2. The number of fused-ring (bicyclic) bond motifs is 1. The standard InChI is InChI=1S/C29H36N6O6/c1-19-25(32-20-7-6-14-33(18-20)27(36)37)23(17-30)24-12-13-31-35(24)26(19)34(28(38)41-29(2,3)4)21-8-10-22(11-9-21)40-16-15-39-5/h8-13,20,32H,6-7,14-16,18H2,1-5H3,(H,36,37)/t20-/m1/s1. The molecular weight excluding hydrogens is 528 g/mol. The zero-order valence-electron chi connectivity index (χ0n) is 24.0. The second-order valence-corrected chi connectivity index (χ2v) is 10.8. The second-order valence-electron chi connectivity index (χ2n) is 10.8. The summed E-state index contributed by atoms with van der Waals surface area (Å²) in [4.78, 5) is 28.2. The third-order valence-electron chi connectivity index (χ3n) is 6.65. The molecule has 0 aliphatic carbocycles. The molecule has 12 heteroatoms. The Balaban J connectivity index is 1.84. The Hall–Kier alpha value is -4.50. The van der Waals surface area contributed by atoms with Crippen molar-refractivity contribution < 1.29 is 28.9 Å². The highest BCUT2D eigenvalue weighted by molar-refractivity contribution is 5.98. The molecule has 0 bridgehead atoms. The molecule has 218 valence electrons. The molecule has 1 aromatic carbocycles. The molecule has 1 saturated heterocycles. The van der Waals surface area contributed by atoms with E-state index in [1.54, 1.807) is 75.8 Å². The number of amides is 2. The molecule has 0 spiro atoms. The van der Waals surface area contributed by atoms with Gasteiger partial charge in [0, 0.05) is 31.8 Å². The first kappa shape index (κ1) is 29.5.